The van der Waals surface area contributed by atoms with E-state index in [1.165, 1.54) is 5.56 Å². The fourth-order valence-corrected chi connectivity index (χ4v) is 2.20. The second kappa shape index (κ2) is 3.12. The van der Waals surface area contributed by atoms with Crippen LogP contribution in [0.4, 0.5) is 0 Å². The molecule has 2 heterocycles. The Morgan fingerprint density at radius 1 is 1.33 bits per heavy atom. The maximum atomic E-state index is 10.0. The van der Waals surface area contributed by atoms with Crippen LogP contribution in [-0.2, 0) is 6.42 Å². The van der Waals surface area contributed by atoms with Gasteiger partial charge in [0, 0.05) is 12.0 Å². The van der Waals surface area contributed by atoms with Crippen LogP contribution in [0, 0.1) is 0 Å². The Hall–Kier alpha value is -1.26. The average molecular weight is 208 g/mol. The van der Waals surface area contributed by atoms with Crippen LogP contribution in [0.5, 0.6) is 11.5 Å². The lowest BCUT2D eigenvalue weighted by atomic mass is 9.98. The Labute approximate surface area is 88.0 Å². The second-order valence-electron chi connectivity index (χ2n) is 4.15. The normalized spacial score (nSPS) is 27.6. The topological polar surface area (TPSA) is 43.1 Å². The van der Waals surface area contributed by atoms with E-state index in [1.807, 2.05) is 19.2 Å². The molecule has 0 radical (unpaired) electrons. The van der Waals surface area contributed by atoms with Gasteiger partial charge in [0.05, 0.1) is 13.6 Å². The summed E-state index contributed by atoms with van der Waals surface area (Å²) in [5, 5.41) is 10.0. The summed E-state index contributed by atoms with van der Waals surface area (Å²) in [6.07, 6.45) is 0.540. The zero-order valence-electron chi connectivity index (χ0n) is 8.62. The van der Waals surface area contributed by atoms with E-state index in [4.69, 9.17) is 9.47 Å². The van der Waals surface area contributed by atoms with E-state index in [9.17, 15) is 5.11 Å². The molecule has 1 aromatic rings. The third-order valence-corrected chi connectivity index (χ3v) is 3.18. The summed E-state index contributed by atoms with van der Waals surface area (Å²) in [4.78, 5) is 1.13. The monoisotopic (exact) mass is 208 g/mol. The van der Waals surface area contributed by atoms with Crippen LogP contribution >= 0.6 is 0 Å². The summed E-state index contributed by atoms with van der Waals surface area (Å²) in [5.41, 5.74) is 2.15. The number of quaternary nitrogens is 1. The number of ether oxygens (including phenoxy) is 2. The minimum atomic E-state index is -0.441. The fourth-order valence-electron chi connectivity index (χ4n) is 2.20. The molecular formula is C11H14NO3+. The number of benzene rings is 1. The van der Waals surface area contributed by atoms with Crippen LogP contribution < -0.4 is 14.4 Å². The number of fused-ring (bicyclic) bond motifs is 2. The van der Waals surface area contributed by atoms with Crippen molar-refractivity contribution in [3.05, 3.63) is 23.3 Å². The number of hydrogen-bond acceptors (Lipinski definition) is 3. The summed E-state index contributed by atoms with van der Waals surface area (Å²) in [6.45, 7) is 1.24. The summed E-state index contributed by atoms with van der Waals surface area (Å²) in [5.74, 6) is 1.56. The minimum Gasteiger partial charge on any atom is -0.454 e. The highest BCUT2D eigenvalue weighted by Crippen LogP contribution is 2.36. The van der Waals surface area contributed by atoms with Crippen molar-refractivity contribution in [1.82, 2.24) is 0 Å². The highest BCUT2D eigenvalue weighted by Gasteiger charge is 2.29. The zero-order valence-corrected chi connectivity index (χ0v) is 8.62. The Kier molecular flexibility index (Phi) is 1.87. The van der Waals surface area contributed by atoms with Gasteiger partial charge in [-0.1, -0.05) is 0 Å². The Morgan fingerprint density at radius 2 is 2.07 bits per heavy atom. The molecule has 0 saturated heterocycles. The summed E-state index contributed by atoms with van der Waals surface area (Å²) in [6, 6.07) is 3.90. The molecule has 80 valence electrons. The van der Waals surface area contributed by atoms with Gasteiger partial charge in [-0.05, 0) is 17.7 Å². The standard InChI is InChI=1S/C11H13NO3/c1-12-3-2-7-4-9-10(15-6-14-9)5-8(7)11(12)13/h4-5,11,13H,2-3,6H2,1H3/p+1. The molecule has 0 saturated carbocycles. The molecule has 0 aliphatic carbocycles. The first-order valence-electron chi connectivity index (χ1n) is 5.18. The molecule has 0 amide bonds. The van der Waals surface area contributed by atoms with E-state index in [-0.39, 0.29) is 6.79 Å². The van der Waals surface area contributed by atoms with Crippen molar-refractivity contribution in [3.63, 3.8) is 0 Å². The Bertz CT molecular complexity index is 405. The van der Waals surface area contributed by atoms with Crippen molar-refractivity contribution in [3.8, 4) is 11.5 Å². The summed E-state index contributed by atoms with van der Waals surface area (Å²) >= 11 is 0. The maximum absolute atomic E-state index is 10.0. The molecule has 0 bridgehead atoms. The van der Waals surface area contributed by atoms with E-state index in [0.717, 1.165) is 34.9 Å². The van der Waals surface area contributed by atoms with Crippen LogP contribution in [0.15, 0.2) is 12.1 Å². The van der Waals surface area contributed by atoms with Gasteiger partial charge in [-0.3, -0.25) is 0 Å². The lowest BCUT2D eigenvalue weighted by molar-refractivity contribution is -0.938. The molecule has 0 fully saturated rings. The van der Waals surface area contributed by atoms with Gasteiger partial charge >= 0.3 is 0 Å². The lowest BCUT2D eigenvalue weighted by Crippen LogP contribution is -3.10. The summed E-state index contributed by atoms with van der Waals surface area (Å²) < 4.78 is 10.6. The predicted molar refractivity (Wildman–Crippen MR) is 53.0 cm³/mol. The highest BCUT2D eigenvalue weighted by atomic mass is 16.7. The van der Waals surface area contributed by atoms with Crippen LogP contribution in [0.1, 0.15) is 17.4 Å². The Balaban J connectivity index is 2.10. The fraction of sp³-hybridized carbons (Fsp3) is 0.455. The number of hydrogen-bond donors (Lipinski definition) is 2. The molecule has 2 aliphatic heterocycles. The summed E-state index contributed by atoms with van der Waals surface area (Å²) in [7, 11) is 2.00. The van der Waals surface area contributed by atoms with E-state index in [0.29, 0.717) is 0 Å². The van der Waals surface area contributed by atoms with Gasteiger partial charge in [-0.15, -0.1) is 0 Å². The van der Waals surface area contributed by atoms with Crippen LogP contribution in [0.3, 0.4) is 0 Å². The van der Waals surface area contributed by atoms with Gasteiger partial charge in [-0.2, -0.15) is 0 Å². The quantitative estimate of drug-likeness (QED) is 0.603. The number of rotatable bonds is 0. The lowest BCUT2D eigenvalue weighted by Gasteiger charge is -2.27. The van der Waals surface area contributed by atoms with Crippen molar-refractivity contribution in [2.24, 2.45) is 0 Å². The minimum absolute atomic E-state index is 0.289. The first kappa shape index (κ1) is 9.00. The number of aliphatic hydroxyl groups excluding tert-OH is 1. The Morgan fingerprint density at radius 3 is 2.87 bits per heavy atom. The van der Waals surface area contributed by atoms with E-state index in [1.54, 1.807) is 0 Å². The van der Waals surface area contributed by atoms with Crippen molar-refractivity contribution in [2.45, 2.75) is 12.6 Å². The first-order chi connectivity index (χ1) is 7.25. The maximum Gasteiger partial charge on any atom is 0.231 e. The van der Waals surface area contributed by atoms with Crippen molar-refractivity contribution < 1.29 is 19.5 Å². The molecule has 4 heteroatoms. The SMILES string of the molecule is C[NH+]1CCc2cc3c(cc2C1O)OCO3. The van der Waals surface area contributed by atoms with Gasteiger partial charge in [0.25, 0.3) is 0 Å². The molecule has 3 rings (SSSR count). The highest BCUT2D eigenvalue weighted by molar-refractivity contribution is 5.49. The van der Waals surface area contributed by atoms with E-state index < -0.39 is 6.23 Å². The molecule has 2 unspecified atom stereocenters. The van der Waals surface area contributed by atoms with Crippen molar-refractivity contribution >= 4 is 0 Å². The van der Waals surface area contributed by atoms with E-state index >= 15 is 0 Å². The molecule has 0 aromatic heterocycles. The largest absolute Gasteiger partial charge is 0.454 e. The van der Waals surface area contributed by atoms with E-state index in [2.05, 4.69) is 0 Å². The number of likely N-dealkylation sites (N-methyl/N-ethyl adjacent to an activating group) is 1. The molecule has 0 spiro atoms. The first-order valence-corrected chi connectivity index (χ1v) is 5.18. The molecule has 2 N–H and O–H groups in total. The van der Waals surface area contributed by atoms with Gasteiger partial charge in [-0.25, -0.2) is 0 Å². The van der Waals surface area contributed by atoms with Crippen LogP contribution in [0.25, 0.3) is 0 Å². The number of nitrogens with one attached hydrogen (secondary N) is 1. The molecule has 2 aliphatic rings. The van der Waals surface area contributed by atoms with Gasteiger partial charge in [0.15, 0.2) is 11.5 Å². The smallest absolute Gasteiger partial charge is 0.231 e. The average Bonchev–Trinajstić information content (AvgIpc) is 2.68. The number of aliphatic hydroxyl groups is 1. The van der Waals surface area contributed by atoms with Crippen molar-refractivity contribution in [1.29, 1.82) is 0 Å². The molecule has 15 heavy (non-hydrogen) atoms. The van der Waals surface area contributed by atoms with Crippen molar-refractivity contribution in [2.75, 3.05) is 20.4 Å². The molecule has 4 nitrogen and oxygen atoms in total. The molecule has 1 aromatic carbocycles. The molecular weight excluding hydrogens is 194 g/mol. The molecule has 2 atom stereocenters. The predicted octanol–water partition coefficient (Wildman–Crippen LogP) is -0.523. The van der Waals surface area contributed by atoms with Crippen LogP contribution in [0.2, 0.25) is 0 Å². The van der Waals surface area contributed by atoms with Crippen LogP contribution in [-0.4, -0.2) is 25.5 Å². The zero-order chi connectivity index (χ0) is 10.4. The third kappa shape index (κ3) is 1.29. The van der Waals surface area contributed by atoms with Gasteiger partial charge in [0.1, 0.15) is 0 Å². The van der Waals surface area contributed by atoms with Gasteiger partial charge < -0.3 is 19.5 Å². The third-order valence-electron chi connectivity index (χ3n) is 3.18. The second-order valence-corrected chi connectivity index (χ2v) is 4.15. The van der Waals surface area contributed by atoms with Gasteiger partial charge in [0.2, 0.25) is 13.0 Å².